The van der Waals surface area contributed by atoms with E-state index in [0.717, 1.165) is 11.3 Å². The van der Waals surface area contributed by atoms with Crippen molar-refractivity contribution in [2.75, 3.05) is 11.9 Å². The maximum atomic E-state index is 10.5. The van der Waals surface area contributed by atoms with E-state index in [1.165, 1.54) is 12.4 Å². The molecule has 0 aromatic carbocycles. The molecule has 0 saturated carbocycles. The van der Waals surface area contributed by atoms with Crippen LogP contribution in [0.25, 0.3) is 5.65 Å². The van der Waals surface area contributed by atoms with E-state index < -0.39 is 4.92 Å². The quantitative estimate of drug-likeness (QED) is 0.565. The number of pyridine rings is 1. The van der Waals surface area contributed by atoms with Gasteiger partial charge in [0.25, 0.3) is 0 Å². The summed E-state index contributed by atoms with van der Waals surface area (Å²) in [7, 11) is 0. The summed E-state index contributed by atoms with van der Waals surface area (Å²) < 4.78 is 1.96. The van der Waals surface area contributed by atoms with Crippen LogP contribution in [-0.2, 0) is 6.42 Å². The SMILES string of the molecule is O=[N+]([O-])c1cnc(NCCc2cn3ccccc3n2)nc1. The Morgan fingerprint density at radius 2 is 2.10 bits per heavy atom. The van der Waals surface area contributed by atoms with Gasteiger partial charge in [-0.05, 0) is 12.1 Å². The minimum atomic E-state index is -0.527. The Kier molecular flexibility index (Phi) is 3.42. The van der Waals surface area contributed by atoms with Crippen molar-refractivity contribution in [3.8, 4) is 0 Å². The van der Waals surface area contributed by atoms with Crippen LogP contribution < -0.4 is 5.32 Å². The number of nitrogens with zero attached hydrogens (tertiary/aromatic N) is 5. The fourth-order valence-corrected chi connectivity index (χ4v) is 1.92. The first-order valence-corrected chi connectivity index (χ1v) is 6.35. The summed E-state index contributed by atoms with van der Waals surface area (Å²) in [5.41, 5.74) is 1.73. The van der Waals surface area contributed by atoms with Crippen LogP contribution in [0.1, 0.15) is 5.69 Å². The summed E-state index contributed by atoms with van der Waals surface area (Å²) in [6, 6.07) is 5.83. The second-order valence-corrected chi connectivity index (χ2v) is 4.40. The van der Waals surface area contributed by atoms with E-state index in [1.54, 1.807) is 0 Å². The topological polar surface area (TPSA) is 98.2 Å². The first-order valence-electron chi connectivity index (χ1n) is 6.35. The second-order valence-electron chi connectivity index (χ2n) is 4.40. The summed E-state index contributed by atoms with van der Waals surface area (Å²) in [5.74, 6) is 0.365. The van der Waals surface area contributed by atoms with Gasteiger partial charge in [0.05, 0.1) is 10.6 Å². The molecular weight excluding hydrogens is 272 g/mol. The minimum Gasteiger partial charge on any atom is -0.354 e. The third-order valence-corrected chi connectivity index (χ3v) is 2.93. The number of fused-ring (bicyclic) bond motifs is 1. The Bertz CT molecular complexity index is 735. The zero-order chi connectivity index (χ0) is 14.7. The Morgan fingerprint density at radius 3 is 2.81 bits per heavy atom. The first kappa shape index (κ1) is 13.0. The molecule has 1 N–H and O–H groups in total. The van der Waals surface area contributed by atoms with Gasteiger partial charge in [-0.1, -0.05) is 6.07 Å². The third kappa shape index (κ3) is 2.94. The normalized spacial score (nSPS) is 10.7. The maximum Gasteiger partial charge on any atom is 0.305 e. The van der Waals surface area contributed by atoms with Crippen molar-refractivity contribution >= 4 is 17.3 Å². The summed E-state index contributed by atoms with van der Waals surface area (Å²) in [5, 5.41) is 13.5. The third-order valence-electron chi connectivity index (χ3n) is 2.93. The largest absolute Gasteiger partial charge is 0.354 e. The number of hydrogen-bond acceptors (Lipinski definition) is 6. The molecule has 0 aliphatic heterocycles. The van der Waals surface area contributed by atoms with Gasteiger partial charge in [-0.25, -0.2) is 15.0 Å². The fraction of sp³-hybridized carbons (Fsp3) is 0.154. The van der Waals surface area contributed by atoms with Gasteiger partial charge < -0.3 is 9.72 Å². The molecule has 0 unspecified atom stereocenters. The van der Waals surface area contributed by atoms with Crippen molar-refractivity contribution in [2.45, 2.75) is 6.42 Å². The number of hydrogen-bond donors (Lipinski definition) is 1. The highest BCUT2D eigenvalue weighted by atomic mass is 16.6. The van der Waals surface area contributed by atoms with E-state index in [-0.39, 0.29) is 5.69 Å². The molecule has 0 bridgehead atoms. The zero-order valence-electron chi connectivity index (χ0n) is 11.0. The number of rotatable bonds is 5. The van der Waals surface area contributed by atoms with Gasteiger partial charge in [0.1, 0.15) is 18.0 Å². The molecule has 0 spiro atoms. The van der Waals surface area contributed by atoms with Gasteiger partial charge >= 0.3 is 5.69 Å². The highest BCUT2D eigenvalue weighted by Crippen LogP contribution is 2.09. The molecule has 0 radical (unpaired) electrons. The van der Waals surface area contributed by atoms with Gasteiger partial charge in [-0.2, -0.15) is 0 Å². The molecular formula is C13H12N6O2. The first-order chi connectivity index (χ1) is 10.2. The van der Waals surface area contributed by atoms with Crippen LogP contribution in [0.5, 0.6) is 0 Å². The van der Waals surface area contributed by atoms with Crippen LogP contribution in [0, 0.1) is 10.1 Å². The van der Waals surface area contributed by atoms with Crippen LogP contribution in [-0.4, -0.2) is 30.8 Å². The number of anilines is 1. The van der Waals surface area contributed by atoms with Crippen molar-refractivity contribution in [3.05, 3.63) is 58.8 Å². The number of nitro groups is 1. The Hall–Kier alpha value is -3.03. The molecule has 0 atom stereocenters. The maximum absolute atomic E-state index is 10.5. The van der Waals surface area contributed by atoms with Gasteiger partial charge in [0.15, 0.2) is 0 Å². The van der Waals surface area contributed by atoms with E-state index >= 15 is 0 Å². The number of nitrogens with one attached hydrogen (secondary N) is 1. The minimum absolute atomic E-state index is 0.124. The van der Waals surface area contributed by atoms with Gasteiger partial charge in [-0.15, -0.1) is 0 Å². The molecule has 0 aliphatic rings. The van der Waals surface area contributed by atoms with Crippen LogP contribution in [0.2, 0.25) is 0 Å². The lowest BCUT2D eigenvalue weighted by molar-refractivity contribution is -0.385. The monoisotopic (exact) mass is 284 g/mol. The molecule has 106 valence electrons. The van der Waals surface area contributed by atoms with Crippen LogP contribution in [0.3, 0.4) is 0 Å². The average Bonchev–Trinajstić information content (AvgIpc) is 2.90. The van der Waals surface area contributed by atoms with Crippen LogP contribution in [0.15, 0.2) is 43.0 Å². The molecule has 3 aromatic heterocycles. The summed E-state index contributed by atoms with van der Waals surface area (Å²) in [6.45, 7) is 0.599. The number of imidazole rings is 1. The molecule has 3 heterocycles. The van der Waals surface area contributed by atoms with E-state index in [9.17, 15) is 10.1 Å². The van der Waals surface area contributed by atoms with Crippen LogP contribution in [0.4, 0.5) is 11.6 Å². The van der Waals surface area contributed by atoms with Gasteiger partial charge in [-0.3, -0.25) is 10.1 Å². The summed E-state index contributed by atoms with van der Waals surface area (Å²) in [6.07, 6.45) is 6.98. The Balaban J connectivity index is 1.59. The molecule has 0 aliphatic carbocycles. The van der Waals surface area contributed by atoms with Crippen molar-refractivity contribution in [3.63, 3.8) is 0 Å². The van der Waals surface area contributed by atoms with Crippen LogP contribution >= 0.6 is 0 Å². The van der Waals surface area contributed by atoms with E-state index in [0.29, 0.717) is 18.9 Å². The molecule has 8 heteroatoms. The van der Waals surface area contributed by atoms with E-state index in [1.807, 2.05) is 35.0 Å². The highest BCUT2D eigenvalue weighted by molar-refractivity contribution is 5.39. The van der Waals surface area contributed by atoms with Gasteiger partial charge in [0.2, 0.25) is 5.95 Å². The predicted molar refractivity (Wildman–Crippen MR) is 76.1 cm³/mol. The molecule has 0 amide bonds. The van der Waals surface area contributed by atoms with Crippen molar-refractivity contribution in [2.24, 2.45) is 0 Å². The second kappa shape index (κ2) is 5.53. The van der Waals surface area contributed by atoms with E-state index in [2.05, 4.69) is 20.3 Å². The standard InChI is InChI=1S/C13H12N6O2/c20-19(21)11-7-15-13(16-8-11)14-5-4-10-9-18-6-2-1-3-12(18)17-10/h1-3,6-9H,4-5H2,(H,14,15,16). The molecule has 0 fully saturated rings. The van der Waals surface area contributed by atoms with Crippen molar-refractivity contribution < 1.29 is 4.92 Å². The molecule has 0 saturated heterocycles. The fourth-order valence-electron chi connectivity index (χ4n) is 1.92. The van der Waals surface area contributed by atoms with Crippen molar-refractivity contribution in [1.82, 2.24) is 19.4 Å². The zero-order valence-corrected chi connectivity index (χ0v) is 11.0. The Labute approximate surface area is 119 Å². The number of aromatic nitrogens is 4. The van der Waals surface area contributed by atoms with Crippen molar-refractivity contribution in [1.29, 1.82) is 0 Å². The lowest BCUT2D eigenvalue weighted by atomic mass is 10.3. The molecule has 3 aromatic rings. The summed E-state index contributed by atoms with van der Waals surface area (Å²) >= 11 is 0. The molecule has 3 rings (SSSR count). The van der Waals surface area contributed by atoms with E-state index in [4.69, 9.17) is 0 Å². The van der Waals surface area contributed by atoms with Gasteiger partial charge in [0, 0.05) is 25.4 Å². The lowest BCUT2D eigenvalue weighted by Crippen LogP contribution is -2.08. The summed E-state index contributed by atoms with van der Waals surface area (Å²) in [4.78, 5) is 22.2. The lowest BCUT2D eigenvalue weighted by Gasteiger charge is -2.01. The Morgan fingerprint density at radius 1 is 1.29 bits per heavy atom. The predicted octanol–water partition coefficient (Wildman–Crippen LogP) is 1.69. The molecule has 8 nitrogen and oxygen atoms in total. The average molecular weight is 284 g/mol. The smallest absolute Gasteiger partial charge is 0.305 e. The highest BCUT2D eigenvalue weighted by Gasteiger charge is 2.06. The molecule has 21 heavy (non-hydrogen) atoms.